The van der Waals surface area contributed by atoms with Crippen LogP contribution in [0.5, 0.6) is 0 Å². The highest BCUT2D eigenvalue weighted by Gasteiger charge is 2.26. The molecule has 2 N–H and O–H groups in total. The van der Waals surface area contributed by atoms with Crippen LogP contribution in [0.25, 0.3) is 0 Å². The summed E-state index contributed by atoms with van der Waals surface area (Å²) >= 11 is 0. The lowest BCUT2D eigenvalue weighted by Gasteiger charge is -2.37. The molecule has 2 rings (SSSR count). The highest BCUT2D eigenvalue weighted by Crippen LogP contribution is 2.14. The van der Waals surface area contributed by atoms with Crippen molar-refractivity contribution >= 4 is 5.91 Å². The molecule has 0 spiro atoms. The number of carbonyl (C=O) groups is 1. The van der Waals surface area contributed by atoms with Crippen LogP contribution in [0, 0.1) is 0 Å². The van der Waals surface area contributed by atoms with Gasteiger partial charge in [-0.1, -0.05) is 0 Å². The van der Waals surface area contributed by atoms with E-state index in [1.807, 2.05) is 11.9 Å². The van der Waals surface area contributed by atoms with Gasteiger partial charge in [0.15, 0.2) is 0 Å². The Morgan fingerprint density at radius 1 is 1.26 bits per heavy atom. The first-order valence-electron chi connectivity index (χ1n) is 7.48. The lowest BCUT2D eigenvalue weighted by Crippen LogP contribution is -2.51. The van der Waals surface area contributed by atoms with Crippen molar-refractivity contribution in [1.29, 1.82) is 0 Å². The van der Waals surface area contributed by atoms with Gasteiger partial charge in [0, 0.05) is 38.8 Å². The maximum Gasteiger partial charge on any atom is 0.236 e. The lowest BCUT2D eigenvalue weighted by atomic mass is 10.0. The number of hydrogen-bond donors (Lipinski definition) is 1. The Kier molecular flexibility index (Phi) is 5.19. The number of hydrogen-bond acceptors (Lipinski definition) is 4. The van der Waals surface area contributed by atoms with Gasteiger partial charge in [0.1, 0.15) is 0 Å². The zero-order valence-corrected chi connectivity index (χ0v) is 12.3. The van der Waals surface area contributed by atoms with Gasteiger partial charge in [-0.2, -0.15) is 0 Å². The monoisotopic (exact) mass is 268 g/mol. The van der Waals surface area contributed by atoms with Crippen molar-refractivity contribution in [3.05, 3.63) is 0 Å². The van der Waals surface area contributed by atoms with E-state index in [1.54, 1.807) is 0 Å². The van der Waals surface area contributed by atoms with E-state index in [2.05, 4.69) is 16.8 Å². The van der Waals surface area contributed by atoms with Gasteiger partial charge < -0.3 is 15.5 Å². The average molecular weight is 268 g/mol. The molecule has 0 aromatic carbocycles. The van der Waals surface area contributed by atoms with E-state index in [0.717, 1.165) is 45.4 Å². The Bertz CT molecular complexity index is 302. The van der Waals surface area contributed by atoms with Crippen molar-refractivity contribution in [2.24, 2.45) is 5.73 Å². The molecule has 1 amide bonds. The largest absolute Gasteiger partial charge is 0.340 e. The molecule has 2 aliphatic heterocycles. The van der Waals surface area contributed by atoms with Crippen molar-refractivity contribution in [1.82, 2.24) is 14.7 Å². The fourth-order valence-corrected chi connectivity index (χ4v) is 3.07. The zero-order valence-electron chi connectivity index (χ0n) is 12.3. The molecule has 1 atom stereocenters. The molecule has 0 aromatic heterocycles. The summed E-state index contributed by atoms with van der Waals surface area (Å²) < 4.78 is 0. The summed E-state index contributed by atoms with van der Waals surface area (Å²) in [7, 11) is 4.10. The van der Waals surface area contributed by atoms with E-state index in [1.165, 1.54) is 6.42 Å². The molecule has 0 aromatic rings. The van der Waals surface area contributed by atoms with Crippen LogP contribution in [-0.4, -0.2) is 79.5 Å². The summed E-state index contributed by atoms with van der Waals surface area (Å²) in [4.78, 5) is 18.9. The second-order valence-electron chi connectivity index (χ2n) is 6.18. The van der Waals surface area contributed by atoms with E-state index in [9.17, 15) is 4.79 Å². The number of nitrogens with two attached hydrogens (primary N) is 1. The molecule has 19 heavy (non-hydrogen) atoms. The second kappa shape index (κ2) is 6.68. The fourth-order valence-electron chi connectivity index (χ4n) is 3.07. The molecule has 1 unspecified atom stereocenters. The first-order chi connectivity index (χ1) is 9.06. The highest BCUT2D eigenvalue weighted by atomic mass is 16.2. The number of likely N-dealkylation sites (tertiary alicyclic amines) is 2. The SMILES string of the molecule is CN1CCCC(N(C)C(=O)CN2CCC(N)CC2)C1. The van der Waals surface area contributed by atoms with E-state index < -0.39 is 0 Å². The third kappa shape index (κ3) is 4.16. The average Bonchev–Trinajstić information content (AvgIpc) is 2.40. The van der Waals surface area contributed by atoms with Gasteiger partial charge in [-0.3, -0.25) is 9.69 Å². The molecule has 2 saturated heterocycles. The minimum atomic E-state index is 0.260. The van der Waals surface area contributed by atoms with E-state index in [-0.39, 0.29) is 5.91 Å². The van der Waals surface area contributed by atoms with Crippen LogP contribution in [0.15, 0.2) is 0 Å². The summed E-state index contributed by atoms with van der Waals surface area (Å²) in [6.45, 7) is 4.65. The van der Waals surface area contributed by atoms with Gasteiger partial charge in [0.05, 0.1) is 6.54 Å². The predicted molar refractivity (Wildman–Crippen MR) is 76.9 cm³/mol. The number of rotatable bonds is 3. The Hall–Kier alpha value is -0.650. The number of carbonyl (C=O) groups excluding carboxylic acids is 1. The summed E-state index contributed by atoms with van der Waals surface area (Å²) in [5, 5.41) is 0. The van der Waals surface area contributed by atoms with Crippen LogP contribution in [0.4, 0.5) is 0 Å². The van der Waals surface area contributed by atoms with Gasteiger partial charge in [0.25, 0.3) is 0 Å². The third-order valence-corrected chi connectivity index (χ3v) is 4.53. The van der Waals surface area contributed by atoms with E-state index in [4.69, 9.17) is 5.73 Å². The normalized spacial score (nSPS) is 27.4. The third-order valence-electron chi connectivity index (χ3n) is 4.53. The van der Waals surface area contributed by atoms with Crippen molar-refractivity contribution in [3.8, 4) is 0 Å². The van der Waals surface area contributed by atoms with Crippen molar-refractivity contribution in [2.45, 2.75) is 37.8 Å². The van der Waals surface area contributed by atoms with E-state index >= 15 is 0 Å². The standard InChI is InChI=1S/C14H28N4O/c1-16-7-3-4-13(10-16)17(2)14(19)11-18-8-5-12(15)6-9-18/h12-13H,3-11,15H2,1-2H3. The Morgan fingerprint density at radius 3 is 2.58 bits per heavy atom. The first-order valence-corrected chi connectivity index (χ1v) is 7.48. The van der Waals surface area contributed by atoms with Crippen LogP contribution in [-0.2, 0) is 4.79 Å². The smallest absolute Gasteiger partial charge is 0.236 e. The molecule has 2 heterocycles. The Labute approximate surface area is 116 Å². The highest BCUT2D eigenvalue weighted by molar-refractivity contribution is 5.78. The number of amides is 1. The van der Waals surface area contributed by atoms with Gasteiger partial charge >= 0.3 is 0 Å². The summed E-state index contributed by atoms with van der Waals surface area (Å²) in [5.41, 5.74) is 5.89. The lowest BCUT2D eigenvalue weighted by molar-refractivity contribution is -0.134. The topological polar surface area (TPSA) is 52.8 Å². The van der Waals surface area contributed by atoms with Crippen molar-refractivity contribution < 1.29 is 4.79 Å². The maximum absolute atomic E-state index is 12.3. The quantitative estimate of drug-likeness (QED) is 0.780. The zero-order chi connectivity index (χ0) is 13.8. The number of likely N-dealkylation sites (N-methyl/N-ethyl adjacent to an activating group) is 2. The molecule has 2 fully saturated rings. The molecule has 0 radical (unpaired) electrons. The predicted octanol–water partition coefficient (Wildman–Crippen LogP) is -0.0379. The molecule has 110 valence electrons. The minimum Gasteiger partial charge on any atom is -0.340 e. The molecule has 5 nitrogen and oxygen atoms in total. The molecule has 0 saturated carbocycles. The molecule has 5 heteroatoms. The van der Waals surface area contributed by atoms with Crippen LogP contribution < -0.4 is 5.73 Å². The fraction of sp³-hybridized carbons (Fsp3) is 0.929. The Morgan fingerprint density at radius 2 is 1.95 bits per heavy atom. The molecule has 2 aliphatic rings. The van der Waals surface area contributed by atoms with Gasteiger partial charge in [-0.15, -0.1) is 0 Å². The van der Waals surface area contributed by atoms with Gasteiger partial charge in [-0.25, -0.2) is 0 Å². The summed E-state index contributed by atoms with van der Waals surface area (Å²) in [6, 6.07) is 0.717. The van der Waals surface area contributed by atoms with Gasteiger partial charge in [-0.05, 0) is 39.3 Å². The number of piperidine rings is 2. The van der Waals surface area contributed by atoms with E-state index in [0.29, 0.717) is 18.6 Å². The Balaban J connectivity index is 1.78. The maximum atomic E-state index is 12.3. The first kappa shape index (κ1) is 14.8. The molecular formula is C14H28N4O. The van der Waals surface area contributed by atoms with Crippen molar-refractivity contribution in [2.75, 3.05) is 46.8 Å². The molecular weight excluding hydrogens is 240 g/mol. The van der Waals surface area contributed by atoms with Crippen LogP contribution in [0.3, 0.4) is 0 Å². The molecule has 0 aliphatic carbocycles. The molecule has 0 bridgehead atoms. The van der Waals surface area contributed by atoms with Crippen LogP contribution in [0.2, 0.25) is 0 Å². The summed E-state index contributed by atoms with van der Waals surface area (Å²) in [6.07, 6.45) is 4.36. The number of nitrogens with zero attached hydrogens (tertiary/aromatic N) is 3. The second-order valence-corrected chi connectivity index (χ2v) is 6.18. The van der Waals surface area contributed by atoms with Gasteiger partial charge in [0.2, 0.25) is 5.91 Å². The van der Waals surface area contributed by atoms with Crippen LogP contribution in [0.1, 0.15) is 25.7 Å². The minimum absolute atomic E-state index is 0.260. The summed E-state index contributed by atoms with van der Waals surface area (Å²) in [5.74, 6) is 0.260. The van der Waals surface area contributed by atoms with Crippen molar-refractivity contribution in [3.63, 3.8) is 0 Å². The van der Waals surface area contributed by atoms with Crippen LogP contribution >= 0.6 is 0 Å².